The highest BCUT2D eigenvalue weighted by Crippen LogP contribution is 2.37. The van der Waals surface area contributed by atoms with Crippen molar-refractivity contribution in [3.63, 3.8) is 0 Å². The quantitative estimate of drug-likeness (QED) is 0.807. The lowest BCUT2D eigenvalue weighted by atomic mass is 10.0. The second kappa shape index (κ2) is 5.60. The first-order valence-electron chi connectivity index (χ1n) is 6.71. The van der Waals surface area contributed by atoms with Gasteiger partial charge in [-0.2, -0.15) is 8.78 Å². The SMILES string of the molecule is CN1C(=O)C(=Cc2ccccc2OC(F)F)c2ccccc21. The molecule has 2 aromatic carbocycles. The lowest BCUT2D eigenvalue weighted by Crippen LogP contribution is -2.20. The first-order valence-corrected chi connectivity index (χ1v) is 6.71. The third-order valence-electron chi connectivity index (χ3n) is 3.53. The number of fused-ring (bicyclic) bond motifs is 1. The molecule has 3 nitrogen and oxygen atoms in total. The molecule has 0 atom stereocenters. The normalized spacial score (nSPS) is 15.5. The number of amides is 1. The van der Waals surface area contributed by atoms with E-state index in [0.717, 1.165) is 11.3 Å². The van der Waals surface area contributed by atoms with Gasteiger partial charge in [0.1, 0.15) is 5.75 Å². The molecule has 0 radical (unpaired) electrons. The summed E-state index contributed by atoms with van der Waals surface area (Å²) in [6.07, 6.45) is 1.59. The Labute approximate surface area is 126 Å². The molecular formula is C17H13F2NO2. The van der Waals surface area contributed by atoms with Crippen molar-refractivity contribution in [3.8, 4) is 5.75 Å². The van der Waals surface area contributed by atoms with Gasteiger partial charge in [0, 0.05) is 23.7 Å². The van der Waals surface area contributed by atoms with Crippen molar-refractivity contribution in [1.82, 2.24) is 0 Å². The van der Waals surface area contributed by atoms with Crippen molar-refractivity contribution in [2.45, 2.75) is 6.61 Å². The Morgan fingerprint density at radius 3 is 2.55 bits per heavy atom. The van der Waals surface area contributed by atoms with Gasteiger partial charge in [-0.25, -0.2) is 0 Å². The fourth-order valence-electron chi connectivity index (χ4n) is 2.50. The zero-order valence-electron chi connectivity index (χ0n) is 11.8. The fraction of sp³-hybridized carbons (Fsp3) is 0.118. The number of para-hydroxylation sites is 2. The molecule has 3 rings (SSSR count). The van der Waals surface area contributed by atoms with Gasteiger partial charge in [-0.05, 0) is 18.2 Å². The zero-order chi connectivity index (χ0) is 15.7. The van der Waals surface area contributed by atoms with Gasteiger partial charge in [0.2, 0.25) is 0 Å². The number of ether oxygens (including phenoxy) is 1. The van der Waals surface area contributed by atoms with Crippen LogP contribution in [0.25, 0.3) is 11.6 Å². The second-order valence-corrected chi connectivity index (χ2v) is 4.86. The number of anilines is 1. The Morgan fingerprint density at radius 2 is 1.77 bits per heavy atom. The largest absolute Gasteiger partial charge is 0.434 e. The highest BCUT2D eigenvalue weighted by molar-refractivity contribution is 6.35. The van der Waals surface area contributed by atoms with E-state index >= 15 is 0 Å². The molecule has 22 heavy (non-hydrogen) atoms. The van der Waals surface area contributed by atoms with E-state index in [9.17, 15) is 13.6 Å². The Bertz CT molecular complexity index is 756. The first kappa shape index (κ1) is 14.3. The lowest BCUT2D eigenvalue weighted by molar-refractivity contribution is -0.112. The average molecular weight is 301 g/mol. The summed E-state index contributed by atoms with van der Waals surface area (Å²) in [4.78, 5) is 13.9. The van der Waals surface area contributed by atoms with Crippen molar-refractivity contribution in [3.05, 3.63) is 59.7 Å². The first-order chi connectivity index (χ1) is 10.6. The molecule has 1 aliphatic heterocycles. The summed E-state index contributed by atoms with van der Waals surface area (Å²) < 4.78 is 29.5. The molecule has 0 bridgehead atoms. The van der Waals surface area contributed by atoms with Crippen molar-refractivity contribution >= 4 is 23.2 Å². The molecule has 1 amide bonds. The summed E-state index contributed by atoms with van der Waals surface area (Å²) in [6.45, 7) is -2.91. The van der Waals surface area contributed by atoms with E-state index < -0.39 is 6.61 Å². The topological polar surface area (TPSA) is 29.5 Å². The van der Waals surface area contributed by atoms with Crippen molar-refractivity contribution in [1.29, 1.82) is 0 Å². The highest BCUT2D eigenvalue weighted by Gasteiger charge is 2.29. The Balaban J connectivity index is 2.08. The molecule has 5 heteroatoms. The van der Waals surface area contributed by atoms with Crippen LogP contribution in [-0.2, 0) is 4.79 Å². The Kier molecular flexibility index (Phi) is 3.63. The summed E-state index contributed by atoms with van der Waals surface area (Å²) in [7, 11) is 1.68. The number of likely N-dealkylation sites (N-methyl/N-ethyl adjacent to an activating group) is 1. The maximum absolute atomic E-state index is 12.5. The van der Waals surface area contributed by atoms with Crippen LogP contribution in [-0.4, -0.2) is 19.6 Å². The minimum atomic E-state index is -2.91. The van der Waals surface area contributed by atoms with Gasteiger partial charge < -0.3 is 9.64 Å². The Morgan fingerprint density at radius 1 is 1.09 bits per heavy atom. The van der Waals surface area contributed by atoms with Gasteiger partial charge in [0.25, 0.3) is 5.91 Å². The molecule has 0 fully saturated rings. The molecule has 0 aromatic heterocycles. The molecule has 0 aliphatic carbocycles. The number of hydrogen-bond acceptors (Lipinski definition) is 2. The predicted octanol–water partition coefficient (Wildman–Crippen LogP) is 3.81. The van der Waals surface area contributed by atoms with E-state index in [-0.39, 0.29) is 11.7 Å². The van der Waals surface area contributed by atoms with Gasteiger partial charge in [-0.15, -0.1) is 0 Å². The highest BCUT2D eigenvalue weighted by atomic mass is 19.3. The molecule has 0 saturated heterocycles. The minimum absolute atomic E-state index is 0.0461. The third kappa shape index (κ3) is 2.45. The number of halogens is 2. The zero-order valence-corrected chi connectivity index (χ0v) is 11.8. The monoisotopic (exact) mass is 301 g/mol. The molecule has 1 heterocycles. The molecule has 0 unspecified atom stereocenters. The summed E-state index contributed by atoms with van der Waals surface area (Å²) >= 11 is 0. The van der Waals surface area contributed by atoms with Crippen LogP contribution in [0.3, 0.4) is 0 Å². The van der Waals surface area contributed by atoms with E-state index in [0.29, 0.717) is 11.1 Å². The summed E-state index contributed by atoms with van der Waals surface area (Å²) in [6, 6.07) is 13.8. The maximum Gasteiger partial charge on any atom is 0.387 e. The van der Waals surface area contributed by atoms with Gasteiger partial charge in [0.15, 0.2) is 0 Å². The van der Waals surface area contributed by atoms with E-state index in [1.807, 2.05) is 24.3 Å². The van der Waals surface area contributed by atoms with Crippen LogP contribution < -0.4 is 9.64 Å². The molecule has 0 N–H and O–H groups in total. The molecular weight excluding hydrogens is 288 g/mol. The predicted molar refractivity (Wildman–Crippen MR) is 80.8 cm³/mol. The fourth-order valence-corrected chi connectivity index (χ4v) is 2.50. The van der Waals surface area contributed by atoms with Gasteiger partial charge in [-0.3, -0.25) is 4.79 Å². The number of carbonyl (C=O) groups excluding carboxylic acids is 1. The van der Waals surface area contributed by atoms with Crippen molar-refractivity contribution in [2.75, 3.05) is 11.9 Å². The third-order valence-corrected chi connectivity index (χ3v) is 3.53. The van der Waals surface area contributed by atoms with Crippen molar-refractivity contribution < 1.29 is 18.3 Å². The van der Waals surface area contributed by atoms with Crippen LogP contribution in [0.4, 0.5) is 14.5 Å². The number of rotatable bonds is 3. The maximum atomic E-state index is 12.5. The van der Waals surface area contributed by atoms with Crippen LogP contribution in [0.5, 0.6) is 5.75 Å². The summed E-state index contributed by atoms with van der Waals surface area (Å²) in [5.74, 6) is -0.127. The molecule has 0 saturated carbocycles. The van der Waals surface area contributed by atoms with E-state index in [4.69, 9.17) is 0 Å². The summed E-state index contributed by atoms with van der Waals surface area (Å²) in [5, 5.41) is 0. The average Bonchev–Trinajstić information content (AvgIpc) is 2.74. The van der Waals surface area contributed by atoms with Crippen LogP contribution >= 0.6 is 0 Å². The minimum Gasteiger partial charge on any atom is -0.434 e. The molecule has 1 aliphatic rings. The Hall–Kier alpha value is -2.69. The molecule has 0 spiro atoms. The van der Waals surface area contributed by atoms with Gasteiger partial charge >= 0.3 is 6.61 Å². The number of alkyl halides is 2. The molecule has 2 aromatic rings. The number of nitrogens with zero attached hydrogens (tertiary/aromatic N) is 1. The van der Waals surface area contributed by atoms with E-state index in [1.165, 1.54) is 11.0 Å². The van der Waals surface area contributed by atoms with E-state index in [2.05, 4.69) is 4.74 Å². The number of carbonyl (C=O) groups is 1. The summed E-state index contributed by atoms with van der Waals surface area (Å²) in [5.41, 5.74) is 2.48. The number of benzene rings is 2. The van der Waals surface area contributed by atoms with Crippen LogP contribution in [0.1, 0.15) is 11.1 Å². The van der Waals surface area contributed by atoms with Crippen LogP contribution in [0.2, 0.25) is 0 Å². The molecule has 112 valence electrons. The second-order valence-electron chi connectivity index (χ2n) is 4.86. The standard InChI is InChI=1S/C17H13F2NO2/c1-20-14-8-4-3-7-12(14)13(16(20)21)10-11-6-2-5-9-15(11)22-17(18)19/h2-10,17H,1H3. The van der Waals surface area contributed by atoms with Crippen molar-refractivity contribution in [2.24, 2.45) is 0 Å². The van der Waals surface area contributed by atoms with E-state index in [1.54, 1.807) is 31.3 Å². The lowest BCUT2D eigenvalue weighted by Gasteiger charge is -2.09. The smallest absolute Gasteiger partial charge is 0.387 e. The number of hydrogen-bond donors (Lipinski definition) is 0. The van der Waals surface area contributed by atoms with Crippen LogP contribution in [0, 0.1) is 0 Å². The van der Waals surface area contributed by atoms with Gasteiger partial charge in [0.05, 0.1) is 5.69 Å². The van der Waals surface area contributed by atoms with Gasteiger partial charge in [-0.1, -0.05) is 36.4 Å². The van der Waals surface area contributed by atoms with Crippen LogP contribution in [0.15, 0.2) is 48.5 Å².